The van der Waals surface area contributed by atoms with Gasteiger partial charge >= 0.3 is 0 Å². The number of rotatable bonds is 4. The summed E-state index contributed by atoms with van der Waals surface area (Å²) in [5, 5.41) is 18.4. The van der Waals surface area contributed by atoms with E-state index in [9.17, 15) is 18.9 Å². The van der Waals surface area contributed by atoms with Gasteiger partial charge in [-0.15, -0.1) is 0 Å². The van der Waals surface area contributed by atoms with Crippen molar-refractivity contribution >= 4 is 10.0 Å². The second-order valence-corrected chi connectivity index (χ2v) is 7.43. The van der Waals surface area contributed by atoms with Gasteiger partial charge in [0.2, 0.25) is 10.0 Å². The number of para-hydroxylation sites is 1. The Bertz CT molecular complexity index is 950. The SMILES string of the molecule is N#Cc1cccc(C#N)c1Oc1ccc(S(=O)(=O)N2CCOCC2)cc1. The molecule has 0 unspecified atom stereocenters. The topological polar surface area (TPSA) is 103 Å². The summed E-state index contributed by atoms with van der Waals surface area (Å²) >= 11 is 0. The Kier molecular flexibility index (Phi) is 5.19. The third-order valence-corrected chi connectivity index (χ3v) is 5.82. The van der Waals surface area contributed by atoms with E-state index in [4.69, 9.17) is 9.47 Å². The lowest BCUT2D eigenvalue weighted by Crippen LogP contribution is -2.40. The van der Waals surface area contributed by atoms with Crippen LogP contribution in [0, 0.1) is 22.7 Å². The van der Waals surface area contributed by atoms with E-state index in [1.54, 1.807) is 18.2 Å². The summed E-state index contributed by atoms with van der Waals surface area (Å²) in [5.74, 6) is 0.492. The normalized spacial score (nSPS) is 15.0. The maximum atomic E-state index is 12.6. The number of hydrogen-bond donors (Lipinski definition) is 0. The minimum absolute atomic E-state index is 0.154. The lowest BCUT2D eigenvalue weighted by molar-refractivity contribution is 0.0730. The lowest BCUT2D eigenvalue weighted by Gasteiger charge is -2.26. The number of sulfonamides is 1. The molecule has 0 aromatic heterocycles. The highest BCUT2D eigenvalue weighted by Gasteiger charge is 2.26. The van der Waals surface area contributed by atoms with Gasteiger partial charge in [0.25, 0.3) is 0 Å². The van der Waals surface area contributed by atoms with Crippen LogP contribution in [0.4, 0.5) is 0 Å². The molecule has 0 bridgehead atoms. The first-order valence-electron chi connectivity index (χ1n) is 7.85. The summed E-state index contributed by atoms with van der Waals surface area (Å²) in [6, 6.07) is 14.6. The van der Waals surface area contributed by atoms with Crippen LogP contribution in [0.5, 0.6) is 11.5 Å². The van der Waals surface area contributed by atoms with E-state index in [2.05, 4.69) is 0 Å². The van der Waals surface area contributed by atoms with Crippen molar-refractivity contribution in [1.29, 1.82) is 10.5 Å². The standard InChI is InChI=1S/C18H15N3O4S/c19-12-14-2-1-3-15(13-20)18(14)25-16-4-6-17(7-5-16)26(22,23)21-8-10-24-11-9-21/h1-7H,8-11H2. The van der Waals surface area contributed by atoms with Gasteiger partial charge in [-0.05, 0) is 36.4 Å². The molecule has 132 valence electrons. The van der Waals surface area contributed by atoms with Gasteiger partial charge in [-0.2, -0.15) is 14.8 Å². The Morgan fingerprint density at radius 2 is 1.54 bits per heavy atom. The molecule has 2 aromatic carbocycles. The van der Waals surface area contributed by atoms with Crippen LogP contribution in [0.3, 0.4) is 0 Å². The largest absolute Gasteiger partial charge is 0.455 e. The van der Waals surface area contributed by atoms with Crippen molar-refractivity contribution in [2.45, 2.75) is 4.90 Å². The Hall–Kier alpha value is -2.91. The lowest BCUT2D eigenvalue weighted by atomic mass is 10.1. The van der Waals surface area contributed by atoms with Gasteiger partial charge in [-0.3, -0.25) is 0 Å². The zero-order chi connectivity index (χ0) is 18.6. The minimum Gasteiger partial charge on any atom is -0.455 e. The van der Waals surface area contributed by atoms with E-state index in [0.717, 1.165) is 0 Å². The molecular formula is C18H15N3O4S. The first kappa shape index (κ1) is 17.9. The third-order valence-electron chi connectivity index (χ3n) is 3.91. The van der Waals surface area contributed by atoms with Crippen LogP contribution in [-0.4, -0.2) is 39.0 Å². The average molecular weight is 369 g/mol. The maximum absolute atomic E-state index is 12.6. The molecule has 0 N–H and O–H groups in total. The van der Waals surface area contributed by atoms with Crippen LogP contribution in [0.15, 0.2) is 47.4 Å². The molecule has 0 radical (unpaired) electrons. The van der Waals surface area contributed by atoms with Gasteiger partial charge < -0.3 is 9.47 Å². The molecule has 0 spiro atoms. The number of ether oxygens (including phenoxy) is 2. The number of morpholine rings is 1. The molecule has 1 fully saturated rings. The van der Waals surface area contributed by atoms with E-state index in [0.29, 0.717) is 32.1 Å². The molecule has 1 aliphatic heterocycles. The second kappa shape index (κ2) is 7.54. The van der Waals surface area contributed by atoms with Crippen LogP contribution in [-0.2, 0) is 14.8 Å². The Labute approximate surface area is 151 Å². The van der Waals surface area contributed by atoms with Crippen molar-refractivity contribution in [3.8, 4) is 23.6 Å². The second-order valence-electron chi connectivity index (χ2n) is 5.50. The quantitative estimate of drug-likeness (QED) is 0.819. The van der Waals surface area contributed by atoms with Gasteiger partial charge in [-0.25, -0.2) is 8.42 Å². The van der Waals surface area contributed by atoms with E-state index in [-0.39, 0.29) is 21.8 Å². The fourth-order valence-corrected chi connectivity index (χ4v) is 3.96. The zero-order valence-electron chi connectivity index (χ0n) is 13.8. The third kappa shape index (κ3) is 3.53. The molecule has 1 aliphatic rings. The van der Waals surface area contributed by atoms with E-state index in [1.807, 2.05) is 12.1 Å². The smallest absolute Gasteiger partial charge is 0.243 e. The van der Waals surface area contributed by atoms with Gasteiger partial charge in [0.05, 0.1) is 29.2 Å². The first-order valence-corrected chi connectivity index (χ1v) is 9.29. The highest BCUT2D eigenvalue weighted by Crippen LogP contribution is 2.29. The number of nitriles is 2. The Balaban J connectivity index is 1.86. The van der Waals surface area contributed by atoms with Crippen molar-refractivity contribution in [3.05, 3.63) is 53.6 Å². The number of hydrogen-bond acceptors (Lipinski definition) is 6. The molecule has 26 heavy (non-hydrogen) atoms. The molecule has 0 aliphatic carbocycles. The van der Waals surface area contributed by atoms with Gasteiger partial charge in [0, 0.05) is 13.1 Å². The Morgan fingerprint density at radius 3 is 2.08 bits per heavy atom. The van der Waals surface area contributed by atoms with Crippen molar-refractivity contribution in [2.24, 2.45) is 0 Å². The number of nitrogens with zero attached hydrogens (tertiary/aromatic N) is 3. The predicted octanol–water partition coefficient (Wildman–Crippen LogP) is 2.24. The summed E-state index contributed by atoms with van der Waals surface area (Å²) in [7, 11) is -3.58. The Morgan fingerprint density at radius 1 is 0.962 bits per heavy atom. The molecule has 0 amide bonds. The van der Waals surface area contributed by atoms with Crippen molar-refractivity contribution in [3.63, 3.8) is 0 Å². The summed E-state index contributed by atoms with van der Waals surface area (Å²) in [4.78, 5) is 0.154. The van der Waals surface area contributed by atoms with Crippen LogP contribution in [0.1, 0.15) is 11.1 Å². The average Bonchev–Trinajstić information content (AvgIpc) is 2.69. The number of benzene rings is 2. The maximum Gasteiger partial charge on any atom is 0.243 e. The molecule has 0 saturated carbocycles. The van der Waals surface area contributed by atoms with Crippen molar-refractivity contribution < 1.29 is 17.9 Å². The first-order chi connectivity index (χ1) is 12.6. The van der Waals surface area contributed by atoms with Crippen molar-refractivity contribution in [1.82, 2.24) is 4.31 Å². The summed E-state index contributed by atoms with van der Waals surface area (Å²) < 4.78 is 37.4. The van der Waals surface area contributed by atoms with Crippen LogP contribution >= 0.6 is 0 Å². The highest BCUT2D eigenvalue weighted by atomic mass is 32.2. The molecule has 7 nitrogen and oxygen atoms in total. The van der Waals surface area contributed by atoms with Crippen molar-refractivity contribution in [2.75, 3.05) is 26.3 Å². The fraction of sp³-hybridized carbons (Fsp3) is 0.222. The van der Waals surface area contributed by atoms with Gasteiger partial charge in [0.15, 0.2) is 5.75 Å². The van der Waals surface area contributed by atoms with Gasteiger partial charge in [-0.1, -0.05) is 6.07 Å². The van der Waals surface area contributed by atoms with Crippen LogP contribution < -0.4 is 4.74 Å². The van der Waals surface area contributed by atoms with Gasteiger partial charge in [0.1, 0.15) is 17.9 Å². The summed E-state index contributed by atoms with van der Waals surface area (Å²) in [5.41, 5.74) is 0.461. The highest BCUT2D eigenvalue weighted by molar-refractivity contribution is 7.89. The summed E-state index contributed by atoms with van der Waals surface area (Å²) in [6.07, 6.45) is 0. The van der Waals surface area contributed by atoms with E-state index < -0.39 is 10.0 Å². The van der Waals surface area contributed by atoms with Crippen LogP contribution in [0.25, 0.3) is 0 Å². The molecule has 2 aromatic rings. The molecule has 8 heteroatoms. The molecule has 0 atom stereocenters. The predicted molar refractivity (Wildman–Crippen MR) is 92.0 cm³/mol. The molecule has 1 saturated heterocycles. The monoisotopic (exact) mass is 369 g/mol. The van der Waals surface area contributed by atoms with E-state index >= 15 is 0 Å². The zero-order valence-corrected chi connectivity index (χ0v) is 14.6. The molecule has 3 rings (SSSR count). The molecule has 1 heterocycles. The molecular weight excluding hydrogens is 354 g/mol. The van der Waals surface area contributed by atoms with Crippen LogP contribution in [0.2, 0.25) is 0 Å². The minimum atomic E-state index is -3.58. The fourth-order valence-electron chi connectivity index (χ4n) is 2.56. The summed E-state index contributed by atoms with van der Waals surface area (Å²) in [6.45, 7) is 1.40. The van der Waals surface area contributed by atoms with E-state index in [1.165, 1.54) is 28.6 Å².